The number of hydrogen-bond acceptors (Lipinski definition) is 5. The van der Waals surface area contributed by atoms with Gasteiger partial charge in [-0.25, -0.2) is 9.78 Å². The highest BCUT2D eigenvalue weighted by molar-refractivity contribution is 6.35. The van der Waals surface area contributed by atoms with Crippen LogP contribution in [0, 0.1) is 27.7 Å². The summed E-state index contributed by atoms with van der Waals surface area (Å²) >= 11 is 13.4. The molecule has 0 bridgehead atoms. The number of pyridine rings is 1. The Morgan fingerprint density at radius 2 is 1.72 bits per heavy atom. The molecule has 7 rings (SSSR count). The quantitative estimate of drug-likeness (QED) is 0.158. The summed E-state index contributed by atoms with van der Waals surface area (Å²) in [5.74, 6) is -0.486. The Morgan fingerprint density at radius 1 is 1.00 bits per heavy atom. The number of aromatic nitrogens is 4. The molecular weight excluding hydrogens is 673 g/mol. The van der Waals surface area contributed by atoms with Gasteiger partial charge in [-0.3, -0.25) is 9.48 Å². The first-order valence-corrected chi connectivity index (χ1v) is 17.3. The molecule has 1 N–H and O–H groups in total. The monoisotopic (exact) mass is 709 g/mol. The summed E-state index contributed by atoms with van der Waals surface area (Å²) in [5.41, 5.74) is 9.18. The van der Waals surface area contributed by atoms with E-state index in [1.165, 1.54) is 6.07 Å². The maximum absolute atomic E-state index is 14.9. The van der Waals surface area contributed by atoms with Gasteiger partial charge in [-0.05, 0) is 107 Å². The van der Waals surface area contributed by atoms with Crippen molar-refractivity contribution < 1.29 is 19.4 Å². The summed E-state index contributed by atoms with van der Waals surface area (Å²) in [7, 11) is 1.92. The van der Waals surface area contributed by atoms with Crippen LogP contribution in [0.3, 0.4) is 0 Å². The van der Waals surface area contributed by atoms with Crippen molar-refractivity contribution in [3.05, 3.63) is 104 Å². The third-order valence-corrected chi connectivity index (χ3v) is 10.7. The Labute approximate surface area is 300 Å². The molecule has 0 aliphatic carbocycles. The zero-order chi connectivity index (χ0) is 35.6. The van der Waals surface area contributed by atoms with Gasteiger partial charge in [0.1, 0.15) is 17.1 Å². The van der Waals surface area contributed by atoms with E-state index >= 15 is 0 Å². The second-order valence-electron chi connectivity index (χ2n) is 13.1. The Kier molecular flexibility index (Phi) is 8.60. The van der Waals surface area contributed by atoms with Crippen LogP contribution in [0.1, 0.15) is 68.4 Å². The molecule has 0 saturated heterocycles. The van der Waals surface area contributed by atoms with Crippen molar-refractivity contribution in [2.24, 2.45) is 7.05 Å². The number of rotatable bonds is 8. The topological polar surface area (TPSA) is 102 Å². The molecule has 256 valence electrons. The van der Waals surface area contributed by atoms with E-state index in [-0.39, 0.29) is 17.6 Å². The average Bonchev–Trinajstić information content (AvgIpc) is 3.55. The summed E-state index contributed by atoms with van der Waals surface area (Å²) in [5, 5.41) is 17.2. The number of carbonyl (C=O) groups excluding carboxylic acids is 1. The van der Waals surface area contributed by atoms with Gasteiger partial charge in [0.05, 0.1) is 34.0 Å². The molecule has 1 unspecified atom stereocenters. The molecule has 1 amide bonds. The van der Waals surface area contributed by atoms with Crippen molar-refractivity contribution in [1.82, 2.24) is 19.3 Å². The molecule has 3 aromatic carbocycles. The van der Waals surface area contributed by atoms with Crippen LogP contribution in [-0.2, 0) is 13.5 Å². The highest BCUT2D eigenvalue weighted by Crippen LogP contribution is 2.45. The molecule has 0 spiro atoms. The van der Waals surface area contributed by atoms with E-state index in [2.05, 4.69) is 16.5 Å². The number of aromatic carboxylic acids is 1. The first-order valence-electron chi connectivity index (χ1n) is 16.6. The number of benzene rings is 3. The molecule has 1 aliphatic rings. The fourth-order valence-corrected chi connectivity index (χ4v) is 7.79. The molecule has 0 fully saturated rings. The normalized spacial score (nSPS) is 14.5. The summed E-state index contributed by atoms with van der Waals surface area (Å²) < 4.78 is 10.2. The number of aryl methyl sites for hydroxylation is 5. The molecule has 0 saturated carbocycles. The highest BCUT2D eigenvalue weighted by Gasteiger charge is 2.37. The van der Waals surface area contributed by atoms with Crippen LogP contribution in [-0.4, -0.2) is 49.5 Å². The molecular formula is C39H37Cl2N5O4. The molecule has 50 heavy (non-hydrogen) atoms. The molecule has 4 heterocycles. The standard InChI is InChI=1S/C39H37Cl2N5O4/c1-20-17-25(18-21(2)35(20)41)50-16-8-9-26-27-12-14-29(40)34(33-23(4)43-44(6)24(33)5)36(27)46-22(3)19-45(38(47)37(26)46)32-11-7-10-30-28(32)13-15-31(42-30)39(48)49/h7,10-15,17-18,22H,8-9,16,19H2,1-6H3,(H,48,49). The van der Waals surface area contributed by atoms with Gasteiger partial charge in [0.2, 0.25) is 0 Å². The van der Waals surface area contributed by atoms with Gasteiger partial charge in [-0.15, -0.1) is 0 Å². The number of nitrogens with zero attached hydrogens (tertiary/aromatic N) is 5. The number of halogens is 2. The Hall–Kier alpha value is -4.86. The second-order valence-corrected chi connectivity index (χ2v) is 13.9. The van der Waals surface area contributed by atoms with Crippen molar-refractivity contribution in [3.8, 4) is 16.9 Å². The van der Waals surface area contributed by atoms with E-state index in [0.29, 0.717) is 53.3 Å². The van der Waals surface area contributed by atoms with Crippen LogP contribution < -0.4 is 9.64 Å². The predicted molar refractivity (Wildman–Crippen MR) is 198 cm³/mol. The first-order chi connectivity index (χ1) is 23.9. The number of hydrogen-bond donors (Lipinski definition) is 1. The Morgan fingerprint density at radius 3 is 2.40 bits per heavy atom. The Bertz CT molecular complexity index is 2350. The summed E-state index contributed by atoms with van der Waals surface area (Å²) in [6, 6.07) is 16.4. The summed E-state index contributed by atoms with van der Waals surface area (Å²) in [4.78, 5) is 32.7. The maximum atomic E-state index is 14.9. The zero-order valence-electron chi connectivity index (χ0n) is 28.8. The van der Waals surface area contributed by atoms with Crippen molar-refractivity contribution >= 4 is 62.6 Å². The lowest BCUT2D eigenvalue weighted by atomic mass is 9.98. The van der Waals surface area contributed by atoms with Crippen LogP contribution in [0.25, 0.3) is 32.9 Å². The van der Waals surface area contributed by atoms with E-state index in [1.54, 1.807) is 17.0 Å². The van der Waals surface area contributed by atoms with Gasteiger partial charge in [0, 0.05) is 52.3 Å². The molecule has 6 aromatic rings. The van der Waals surface area contributed by atoms with Crippen LogP contribution in [0.4, 0.5) is 5.69 Å². The predicted octanol–water partition coefficient (Wildman–Crippen LogP) is 9.06. The number of carbonyl (C=O) groups is 2. The fourth-order valence-electron chi connectivity index (χ4n) is 7.43. The van der Waals surface area contributed by atoms with Gasteiger partial charge in [-0.2, -0.15) is 5.10 Å². The summed E-state index contributed by atoms with van der Waals surface area (Å²) in [6.07, 6.45) is 1.25. The van der Waals surface area contributed by atoms with E-state index in [9.17, 15) is 14.7 Å². The van der Waals surface area contributed by atoms with Crippen LogP contribution in [0.5, 0.6) is 5.75 Å². The average molecular weight is 711 g/mol. The van der Waals surface area contributed by atoms with Crippen molar-refractivity contribution in [3.63, 3.8) is 0 Å². The number of fused-ring (bicyclic) bond motifs is 4. The largest absolute Gasteiger partial charge is 0.494 e. The van der Waals surface area contributed by atoms with E-state index in [0.717, 1.165) is 60.9 Å². The third kappa shape index (κ3) is 5.49. The molecule has 11 heteroatoms. The van der Waals surface area contributed by atoms with Crippen molar-refractivity contribution in [2.45, 2.75) is 53.5 Å². The van der Waals surface area contributed by atoms with Crippen molar-refractivity contribution in [1.29, 1.82) is 0 Å². The molecule has 0 radical (unpaired) electrons. The number of carboxylic acids is 1. The minimum Gasteiger partial charge on any atom is -0.494 e. The third-order valence-electron chi connectivity index (χ3n) is 9.78. The van der Waals surface area contributed by atoms with Gasteiger partial charge >= 0.3 is 5.97 Å². The number of anilines is 1. The van der Waals surface area contributed by atoms with Crippen LogP contribution in [0.2, 0.25) is 10.0 Å². The smallest absolute Gasteiger partial charge is 0.354 e. The number of carboxylic acid groups (broad SMARTS) is 1. The minimum absolute atomic E-state index is 0.0491. The lowest BCUT2D eigenvalue weighted by Gasteiger charge is -2.35. The second kappa shape index (κ2) is 12.8. The lowest BCUT2D eigenvalue weighted by molar-refractivity contribution is 0.0690. The molecule has 3 aromatic heterocycles. The maximum Gasteiger partial charge on any atom is 0.354 e. The molecule has 1 atom stereocenters. The van der Waals surface area contributed by atoms with E-state index in [4.69, 9.17) is 33.0 Å². The number of ether oxygens (including phenoxy) is 1. The van der Waals surface area contributed by atoms with Crippen LogP contribution >= 0.6 is 23.2 Å². The van der Waals surface area contributed by atoms with Gasteiger partial charge in [-0.1, -0.05) is 35.3 Å². The van der Waals surface area contributed by atoms with E-state index in [1.807, 2.05) is 75.8 Å². The van der Waals surface area contributed by atoms with Gasteiger partial charge in [0.25, 0.3) is 5.91 Å². The molecule has 9 nitrogen and oxygen atoms in total. The zero-order valence-corrected chi connectivity index (χ0v) is 30.3. The number of amides is 1. The van der Waals surface area contributed by atoms with Gasteiger partial charge in [0.15, 0.2) is 0 Å². The first kappa shape index (κ1) is 33.6. The SMILES string of the molecule is Cc1cc(OCCCc2c3n(c4c(-c5c(C)nn(C)c5C)c(Cl)ccc24)C(C)CN(c2cccc4nc(C(=O)O)ccc24)C3=O)cc(C)c1Cl. The van der Waals surface area contributed by atoms with Crippen molar-refractivity contribution in [2.75, 3.05) is 18.1 Å². The highest BCUT2D eigenvalue weighted by atomic mass is 35.5. The van der Waals surface area contributed by atoms with Crippen LogP contribution in [0.15, 0.2) is 54.6 Å². The van der Waals surface area contributed by atoms with Gasteiger partial charge < -0.3 is 19.3 Å². The minimum atomic E-state index is -1.10. The lowest BCUT2D eigenvalue weighted by Crippen LogP contribution is -2.42. The summed E-state index contributed by atoms with van der Waals surface area (Å²) in [6.45, 7) is 10.9. The fraction of sp³-hybridized carbons (Fsp3) is 0.282. The Balaban J connectivity index is 1.37. The van der Waals surface area contributed by atoms with E-state index < -0.39 is 5.97 Å². The molecule has 1 aliphatic heterocycles.